The van der Waals surface area contributed by atoms with E-state index in [9.17, 15) is 13.6 Å². The van der Waals surface area contributed by atoms with Crippen LogP contribution in [0.3, 0.4) is 0 Å². The molecule has 0 saturated heterocycles. The molecule has 17 heavy (non-hydrogen) atoms. The average molecular weight is 249 g/mol. The molecule has 0 bridgehead atoms. The SMILES string of the molecule is O=C(NCCCCCO)C1CCC(F)(F)CC1. The molecule has 2 N–H and O–H groups in total. The summed E-state index contributed by atoms with van der Waals surface area (Å²) in [5.74, 6) is -2.91. The van der Waals surface area contributed by atoms with Gasteiger partial charge in [0.05, 0.1) is 0 Å². The van der Waals surface area contributed by atoms with Gasteiger partial charge in [-0.15, -0.1) is 0 Å². The van der Waals surface area contributed by atoms with Crippen LogP contribution in [0.4, 0.5) is 8.78 Å². The summed E-state index contributed by atoms with van der Waals surface area (Å²) >= 11 is 0. The van der Waals surface area contributed by atoms with E-state index >= 15 is 0 Å². The molecule has 5 heteroatoms. The third-order valence-electron chi connectivity index (χ3n) is 3.22. The summed E-state index contributed by atoms with van der Waals surface area (Å²) < 4.78 is 25.8. The van der Waals surface area contributed by atoms with Crippen LogP contribution in [0, 0.1) is 5.92 Å². The van der Waals surface area contributed by atoms with E-state index in [1.165, 1.54) is 0 Å². The smallest absolute Gasteiger partial charge is 0.248 e. The molecule has 0 unspecified atom stereocenters. The number of hydrogen-bond donors (Lipinski definition) is 2. The first kappa shape index (κ1) is 14.4. The lowest BCUT2D eigenvalue weighted by Crippen LogP contribution is -2.36. The maximum absolute atomic E-state index is 12.9. The van der Waals surface area contributed by atoms with Gasteiger partial charge in [-0.3, -0.25) is 4.79 Å². The molecule has 0 aromatic rings. The lowest BCUT2D eigenvalue weighted by molar-refractivity contribution is -0.129. The van der Waals surface area contributed by atoms with Gasteiger partial charge in [-0.05, 0) is 32.1 Å². The summed E-state index contributed by atoms with van der Waals surface area (Å²) in [5, 5.41) is 11.3. The van der Waals surface area contributed by atoms with E-state index in [0.29, 0.717) is 6.54 Å². The quantitative estimate of drug-likeness (QED) is 0.708. The predicted molar refractivity (Wildman–Crippen MR) is 60.9 cm³/mol. The highest BCUT2D eigenvalue weighted by molar-refractivity contribution is 5.78. The molecule has 0 atom stereocenters. The molecular formula is C12H21F2NO2. The van der Waals surface area contributed by atoms with Crippen molar-refractivity contribution in [2.75, 3.05) is 13.2 Å². The number of halogens is 2. The van der Waals surface area contributed by atoms with Crippen LogP contribution in [0.15, 0.2) is 0 Å². The highest BCUT2D eigenvalue weighted by Crippen LogP contribution is 2.36. The minimum atomic E-state index is -2.57. The van der Waals surface area contributed by atoms with Crippen molar-refractivity contribution in [3.63, 3.8) is 0 Å². The second-order valence-corrected chi connectivity index (χ2v) is 4.71. The first-order valence-electron chi connectivity index (χ1n) is 6.31. The summed E-state index contributed by atoms with van der Waals surface area (Å²) in [6.07, 6.45) is 2.68. The number of alkyl halides is 2. The molecule has 0 aliphatic heterocycles. The molecule has 0 aromatic carbocycles. The molecule has 0 heterocycles. The van der Waals surface area contributed by atoms with Crippen molar-refractivity contribution in [1.29, 1.82) is 0 Å². The fraction of sp³-hybridized carbons (Fsp3) is 0.917. The fourth-order valence-corrected chi connectivity index (χ4v) is 2.07. The van der Waals surface area contributed by atoms with Gasteiger partial charge < -0.3 is 10.4 Å². The number of amides is 1. The summed E-state index contributed by atoms with van der Waals surface area (Å²) in [6, 6.07) is 0. The van der Waals surface area contributed by atoms with Gasteiger partial charge in [-0.25, -0.2) is 8.78 Å². The van der Waals surface area contributed by atoms with E-state index < -0.39 is 5.92 Å². The number of nitrogens with one attached hydrogen (secondary N) is 1. The van der Waals surface area contributed by atoms with E-state index in [0.717, 1.165) is 19.3 Å². The summed E-state index contributed by atoms with van der Waals surface area (Å²) in [4.78, 5) is 11.6. The Morgan fingerprint density at radius 2 is 1.88 bits per heavy atom. The van der Waals surface area contributed by atoms with E-state index in [4.69, 9.17) is 5.11 Å². The highest BCUT2D eigenvalue weighted by atomic mass is 19.3. The molecule has 1 amide bonds. The maximum atomic E-state index is 12.9. The third kappa shape index (κ3) is 5.44. The van der Waals surface area contributed by atoms with Gasteiger partial charge >= 0.3 is 0 Å². The Morgan fingerprint density at radius 1 is 1.24 bits per heavy atom. The molecule has 3 nitrogen and oxygen atoms in total. The minimum Gasteiger partial charge on any atom is -0.396 e. The van der Waals surface area contributed by atoms with Crippen molar-refractivity contribution >= 4 is 5.91 Å². The van der Waals surface area contributed by atoms with E-state index in [1.807, 2.05) is 0 Å². The second kappa shape index (κ2) is 6.89. The number of hydrogen-bond acceptors (Lipinski definition) is 2. The van der Waals surface area contributed by atoms with Gasteiger partial charge in [-0.1, -0.05) is 0 Å². The lowest BCUT2D eigenvalue weighted by Gasteiger charge is -2.27. The predicted octanol–water partition coefficient (Wildman–Crippen LogP) is 2.09. The van der Waals surface area contributed by atoms with Crippen LogP contribution < -0.4 is 5.32 Å². The number of aliphatic hydroxyl groups is 1. The Balaban J connectivity index is 2.12. The lowest BCUT2D eigenvalue weighted by atomic mass is 9.86. The van der Waals surface area contributed by atoms with E-state index in [2.05, 4.69) is 5.32 Å². The third-order valence-corrected chi connectivity index (χ3v) is 3.22. The Morgan fingerprint density at radius 3 is 2.47 bits per heavy atom. The minimum absolute atomic E-state index is 0.0931. The number of aliphatic hydroxyl groups excluding tert-OH is 1. The maximum Gasteiger partial charge on any atom is 0.248 e. The van der Waals surface area contributed by atoms with Gasteiger partial charge in [0.1, 0.15) is 0 Å². The van der Waals surface area contributed by atoms with Gasteiger partial charge in [0, 0.05) is 31.9 Å². The molecular weight excluding hydrogens is 228 g/mol. The van der Waals surface area contributed by atoms with E-state index in [-0.39, 0.29) is 44.1 Å². The Hall–Kier alpha value is -0.710. The largest absolute Gasteiger partial charge is 0.396 e. The Kier molecular flexibility index (Phi) is 5.82. The van der Waals surface area contributed by atoms with Crippen LogP contribution in [0.25, 0.3) is 0 Å². The van der Waals surface area contributed by atoms with Gasteiger partial charge in [-0.2, -0.15) is 0 Å². The first-order chi connectivity index (χ1) is 8.05. The molecule has 1 rings (SSSR count). The van der Waals surface area contributed by atoms with Crippen molar-refractivity contribution in [2.45, 2.75) is 50.9 Å². The zero-order valence-electron chi connectivity index (χ0n) is 10.1. The van der Waals surface area contributed by atoms with Crippen molar-refractivity contribution in [2.24, 2.45) is 5.92 Å². The van der Waals surface area contributed by atoms with Crippen LogP contribution >= 0.6 is 0 Å². The standard InChI is InChI=1S/C12H21F2NO2/c13-12(14)6-4-10(5-7-12)11(17)15-8-2-1-3-9-16/h10,16H,1-9H2,(H,15,17). The highest BCUT2D eigenvalue weighted by Gasteiger charge is 2.37. The molecule has 0 radical (unpaired) electrons. The van der Waals surface area contributed by atoms with Crippen molar-refractivity contribution in [3.8, 4) is 0 Å². The van der Waals surface area contributed by atoms with Crippen LogP contribution in [0.2, 0.25) is 0 Å². The Labute approximate surface area is 101 Å². The van der Waals surface area contributed by atoms with Crippen LogP contribution in [0.1, 0.15) is 44.9 Å². The summed E-state index contributed by atoms with van der Waals surface area (Å²) in [6.45, 7) is 0.747. The molecule has 1 aliphatic carbocycles. The van der Waals surface area contributed by atoms with Gasteiger partial charge in [0.15, 0.2) is 0 Å². The number of rotatable bonds is 6. The normalized spacial score (nSPS) is 20.2. The Bertz CT molecular complexity index is 237. The molecule has 1 fully saturated rings. The molecule has 100 valence electrons. The van der Waals surface area contributed by atoms with Crippen LogP contribution in [-0.4, -0.2) is 30.1 Å². The topological polar surface area (TPSA) is 49.3 Å². The van der Waals surface area contributed by atoms with Crippen LogP contribution in [-0.2, 0) is 4.79 Å². The summed E-state index contributed by atoms with van der Waals surface area (Å²) in [7, 11) is 0. The zero-order chi connectivity index (χ0) is 12.7. The average Bonchev–Trinajstić information content (AvgIpc) is 2.28. The molecule has 0 spiro atoms. The van der Waals surface area contributed by atoms with Crippen LogP contribution in [0.5, 0.6) is 0 Å². The number of unbranched alkanes of at least 4 members (excludes halogenated alkanes) is 2. The molecule has 1 aliphatic rings. The van der Waals surface area contributed by atoms with E-state index in [1.54, 1.807) is 0 Å². The first-order valence-corrected chi connectivity index (χ1v) is 6.31. The van der Waals surface area contributed by atoms with Crippen molar-refractivity contribution in [1.82, 2.24) is 5.32 Å². The number of carbonyl (C=O) groups excluding carboxylic acids is 1. The molecule has 0 aromatic heterocycles. The zero-order valence-corrected chi connectivity index (χ0v) is 10.1. The van der Waals surface area contributed by atoms with Gasteiger partial charge in [0.25, 0.3) is 0 Å². The molecule has 1 saturated carbocycles. The van der Waals surface area contributed by atoms with Crippen molar-refractivity contribution in [3.05, 3.63) is 0 Å². The summed E-state index contributed by atoms with van der Waals surface area (Å²) in [5.41, 5.74) is 0. The second-order valence-electron chi connectivity index (χ2n) is 4.71. The fourth-order valence-electron chi connectivity index (χ4n) is 2.07. The van der Waals surface area contributed by atoms with Crippen molar-refractivity contribution < 1.29 is 18.7 Å². The van der Waals surface area contributed by atoms with Gasteiger partial charge in [0.2, 0.25) is 11.8 Å². The number of carbonyl (C=O) groups is 1. The monoisotopic (exact) mass is 249 g/mol.